The normalized spacial score (nSPS) is 11.1. The molecule has 0 fully saturated rings. The van der Waals surface area contributed by atoms with Crippen LogP contribution in [0.5, 0.6) is 0 Å². The molecule has 0 amide bonds. The maximum atomic E-state index is 4.76. The van der Waals surface area contributed by atoms with Crippen LogP contribution in [0.2, 0.25) is 0 Å². The molecule has 7 heteroatoms. The molecule has 0 bridgehead atoms. The molecule has 6 nitrogen and oxygen atoms in total. The summed E-state index contributed by atoms with van der Waals surface area (Å²) in [7, 11) is 0. The standard InChI is InChI=1S/C27H26N6S/c1-19-9-7-13-23(15-19)17-32-30-26(29-31-32)24-16-28-33(25-14-8-10-20(2)21(25)3)27(24)34-18-22-11-5-4-6-12-22/h4-16H,17-18H2,1-3H3. The van der Waals surface area contributed by atoms with Crippen molar-refractivity contribution in [3.8, 4) is 17.1 Å². The van der Waals surface area contributed by atoms with Crippen LogP contribution in [0.25, 0.3) is 17.1 Å². The lowest BCUT2D eigenvalue weighted by Crippen LogP contribution is -2.04. The smallest absolute Gasteiger partial charge is 0.209 e. The lowest BCUT2D eigenvalue weighted by molar-refractivity contribution is 0.572. The second-order valence-corrected chi connectivity index (χ2v) is 9.37. The second-order valence-electron chi connectivity index (χ2n) is 8.40. The van der Waals surface area contributed by atoms with E-state index in [4.69, 9.17) is 10.2 Å². The summed E-state index contributed by atoms with van der Waals surface area (Å²) in [5.41, 5.74) is 8.00. The molecule has 2 heterocycles. The highest BCUT2D eigenvalue weighted by Gasteiger charge is 2.20. The predicted molar refractivity (Wildman–Crippen MR) is 136 cm³/mol. The van der Waals surface area contributed by atoms with Crippen molar-refractivity contribution >= 4 is 11.8 Å². The number of tetrazole rings is 1. The van der Waals surface area contributed by atoms with Crippen LogP contribution < -0.4 is 0 Å². The van der Waals surface area contributed by atoms with Gasteiger partial charge in [0.25, 0.3) is 0 Å². The van der Waals surface area contributed by atoms with E-state index in [0.717, 1.165) is 27.6 Å². The van der Waals surface area contributed by atoms with Gasteiger partial charge in [-0.25, -0.2) is 4.68 Å². The first-order valence-electron chi connectivity index (χ1n) is 11.2. The van der Waals surface area contributed by atoms with Crippen LogP contribution in [-0.2, 0) is 12.3 Å². The van der Waals surface area contributed by atoms with E-state index in [1.165, 1.54) is 22.3 Å². The molecular weight excluding hydrogens is 440 g/mol. The van der Waals surface area contributed by atoms with E-state index in [9.17, 15) is 0 Å². The van der Waals surface area contributed by atoms with E-state index < -0.39 is 0 Å². The number of thioether (sulfide) groups is 1. The lowest BCUT2D eigenvalue weighted by atomic mass is 10.1. The molecule has 0 atom stereocenters. The van der Waals surface area contributed by atoms with Crippen molar-refractivity contribution in [2.45, 2.75) is 38.1 Å². The van der Waals surface area contributed by atoms with Gasteiger partial charge in [0.2, 0.25) is 5.82 Å². The van der Waals surface area contributed by atoms with Crippen molar-refractivity contribution < 1.29 is 0 Å². The van der Waals surface area contributed by atoms with Crippen LogP contribution >= 0.6 is 11.8 Å². The van der Waals surface area contributed by atoms with E-state index in [0.29, 0.717) is 12.4 Å². The first kappa shape index (κ1) is 22.1. The Hall–Kier alpha value is -3.71. The van der Waals surface area contributed by atoms with Crippen LogP contribution in [0.15, 0.2) is 84.0 Å². The predicted octanol–water partition coefficient (Wildman–Crippen LogP) is 5.79. The fraction of sp³-hybridized carbons (Fsp3) is 0.185. The fourth-order valence-electron chi connectivity index (χ4n) is 3.88. The van der Waals surface area contributed by atoms with Gasteiger partial charge in [0, 0.05) is 5.75 Å². The third kappa shape index (κ3) is 4.65. The monoisotopic (exact) mass is 466 g/mol. The summed E-state index contributed by atoms with van der Waals surface area (Å²) in [6, 6.07) is 25.1. The summed E-state index contributed by atoms with van der Waals surface area (Å²) < 4.78 is 2.01. The van der Waals surface area contributed by atoms with Crippen LogP contribution in [-0.4, -0.2) is 30.0 Å². The average molecular weight is 467 g/mol. The molecule has 5 aromatic rings. The van der Waals surface area contributed by atoms with Crippen molar-refractivity contribution in [1.29, 1.82) is 0 Å². The Bertz CT molecular complexity index is 1420. The van der Waals surface area contributed by atoms with Crippen molar-refractivity contribution in [3.63, 3.8) is 0 Å². The molecule has 0 aliphatic carbocycles. The van der Waals surface area contributed by atoms with Gasteiger partial charge in [-0.05, 0) is 54.3 Å². The number of rotatable bonds is 7. The van der Waals surface area contributed by atoms with E-state index in [-0.39, 0.29) is 0 Å². The maximum absolute atomic E-state index is 4.76. The molecule has 34 heavy (non-hydrogen) atoms. The molecule has 3 aromatic carbocycles. The minimum Gasteiger partial charge on any atom is -0.226 e. The molecular formula is C27H26N6S. The molecule has 170 valence electrons. The van der Waals surface area contributed by atoms with Crippen molar-refractivity contribution in [2.75, 3.05) is 0 Å². The van der Waals surface area contributed by atoms with Gasteiger partial charge in [-0.3, -0.25) is 0 Å². The zero-order chi connectivity index (χ0) is 23.5. The number of hydrogen-bond acceptors (Lipinski definition) is 5. The van der Waals surface area contributed by atoms with Crippen LogP contribution in [0.3, 0.4) is 0 Å². The van der Waals surface area contributed by atoms with Crippen LogP contribution in [0, 0.1) is 20.8 Å². The number of aryl methyl sites for hydroxylation is 2. The lowest BCUT2D eigenvalue weighted by Gasteiger charge is -2.12. The third-order valence-electron chi connectivity index (χ3n) is 5.85. The molecule has 2 aromatic heterocycles. The summed E-state index contributed by atoms with van der Waals surface area (Å²) in [6.07, 6.45) is 1.85. The zero-order valence-electron chi connectivity index (χ0n) is 19.5. The van der Waals surface area contributed by atoms with E-state index in [1.54, 1.807) is 16.6 Å². The Labute approximate surface area is 203 Å². The quantitative estimate of drug-likeness (QED) is 0.284. The van der Waals surface area contributed by atoms with Gasteiger partial charge in [-0.1, -0.05) is 72.3 Å². The average Bonchev–Trinajstić information content (AvgIpc) is 3.47. The van der Waals surface area contributed by atoms with E-state index in [2.05, 4.69) is 97.8 Å². The molecule has 0 aliphatic heterocycles. The maximum Gasteiger partial charge on any atom is 0.209 e. The Morgan fingerprint density at radius 3 is 2.47 bits per heavy atom. The first-order chi connectivity index (χ1) is 16.6. The van der Waals surface area contributed by atoms with E-state index >= 15 is 0 Å². The van der Waals surface area contributed by atoms with Gasteiger partial charge in [0.05, 0.1) is 24.0 Å². The number of nitrogens with zero attached hydrogens (tertiary/aromatic N) is 6. The largest absolute Gasteiger partial charge is 0.226 e. The van der Waals surface area contributed by atoms with Gasteiger partial charge in [-0.15, -0.1) is 22.0 Å². The number of aromatic nitrogens is 6. The molecule has 0 unspecified atom stereocenters. The topological polar surface area (TPSA) is 61.4 Å². The summed E-state index contributed by atoms with van der Waals surface area (Å²) in [4.78, 5) is 1.64. The first-order valence-corrected chi connectivity index (χ1v) is 12.2. The second kappa shape index (κ2) is 9.65. The molecule has 0 N–H and O–H groups in total. The highest BCUT2D eigenvalue weighted by atomic mass is 32.2. The van der Waals surface area contributed by atoms with Gasteiger partial charge in [0.15, 0.2) is 0 Å². The number of hydrogen-bond donors (Lipinski definition) is 0. The summed E-state index contributed by atoms with van der Waals surface area (Å²) >= 11 is 1.74. The van der Waals surface area contributed by atoms with Crippen LogP contribution in [0.1, 0.15) is 27.8 Å². The molecule has 5 rings (SSSR count). The van der Waals surface area contributed by atoms with Gasteiger partial charge in [0.1, 0.15) is 5.03 Å². The van der Waals surface area contributed by atoms with Gasteiger partial charge in [-0.2, -0.15) is 9.90 Å². The Morgan fingerprint density at radius 1 is 0.853 bits per heavy atom. The summed E-state index contributed by atoms with van der Waals surface area (Å²) in [6.45, 7) is 6.92. The van der Waals surface area contributed by atoms with Gasteiger partial charge < -0.3 is 0 Å². The summed E-state index contributed by atoms with van der Waals surface area (Å²) in [5, 5.41) is 19.2. The van der Waals surface area contributed by atoms with E-state index in [1.807, 2.05) is 16.9 Å². The van der Waals surface area contributed by atoms with Crippen molar-refractivity contribution in [3.05, 3.63) is 107 Å². The SMILES string of the molecule is Cc1cccc(Cn2nnc(-c3cnn(-c4cccc(C)c4C)c3SCc3ccccc3)n2)c1. The molecule has 0 saturated carbocycles. The molecule has 0 radical (unpaired) electrons. The molecule has 0 spiro atoms. The summed E-state index contributed by atoms with van der Waals surface area (Å²) in [5.74, 6) is 1.40. The minimum atomic E-state index is 0.576. The highest BCUT2D eigenvalue weighted by molar-refractivity contribution is 7.98. The number of benzene rings is 3. The van der Waals surface area contributed by atoms with Gasteiger partial charge >= 0.3 is 0 Å². The third-order valence-corrected chi connectivity index (χ3v) is 6.99. The van der Waals surface area contributed by atoms with Crippen molar-refractivity contribution in [2.24, 2.45) is 0 Å². The Morgan fingerprint density at radius 2 is 1.65 bits per heavy atom. The molecule has 0 aliphatic rings. The highest BCUT2D eigenvalue weighted by Crippen LogP contribution is 2.34. The fourth-order valence-corrected chi connectivity index (χ4v) is 4.95. The minimum absolute atomic E-state index is 0.576. The zero-order valence-corrected chi connectivity index (χ0v) is 20.3. The Balaban J connectivity index is 1.51. The van der Waals surface area contributed by atoms with Crippen molar-refractivity contribution in [1.82, 2.24) is 30.0 Å². The molecule has 0 saturated heterocycles. The van der Waals surface area contributed by atoms with Crippen LogP contribution in [0.4, 0.5) is 0 Å². The Kier molecular flexibility index (Phi) is 6.27.